The first-order valence-corrected chi connectivity index (χ1v) is 10.0. The van der Waals surface area contributed by atoms with Gasteiger partial charge in [-0.25, -0.2) is 0 Å². The minimum absolute atomic E-state index is 0.00281. The van der Waals surface area contributed by atoms with Gasteiger partial charge in [0.1, 0.15) is 5.75 Å². The van der Waals surface area contributed by atoms with E-state index in [-0.39, 0.29) is 24.7 Å². The molecule has 1 unspecified atom stereocenters. The highest BCUT2D eigenvalue weighted by Gasteiger charge is 2.17. The summed E-state index contributed by atoms with van der Waals surface area (Å²) in [6.45, 7) is 3.65. The number of amides is 3. The van der Waals surface area contributed by atoms with Crippen molar-refractivity contribution in [1.29, 1.82) is 0 Å². The van der Waals surface area contributed by atoms with E-state index in [1.165, 1.54) is 6.92 Å². The molecule has 0 aliphatic heterocycles. The number of benzene rings is 2. The second kappa shape index (κ2) is 11.8. The molecule has 3 N–H and O–H groups in total. The number of carbonyl (C=O) groups excluding carboxylic acids is 3. The molecule has 2 rings (SSSR count). The average molecular weight is 432 g/mol. The van der Waals surface area contributed by atoms with Crippen molar-refractivity contribution in [3.05, 3.63) is 64.7 Å². The Morgan fingerprint density at radius 2 is 1.73 bits per heavy atom. The van der Waals surface area contributed by atoms with Crippen LogP contribution in [0.25, 0.3) is 0 Å². The van der Waals surface area contributed by atoms with Crippen molar-refractivity contribution in [2.45, 2.75) is 39.2 Å². The van der Waals surface area contributed by atoms with Crippen molar-refractivity contribution in [3.63, 3.8) is 0 Å². The molecule has 3 amide bonds. The minimum atomic E-state index is -0.475. The van der Waals surface area contributed by atoms with Gasteiger partial charge in [0, 0.05) is 18.4 Å². The number of halogens is 1. The summed E-state index contributed by atoms with van der Waals surface area (Å²) in [6, 6.07) is 14.0. The van der Waals surface area contributed by atoms with Crippen molar-refractivity contribution in [2.24, 2.45) is 0 Å². The molecule has 0 fully saturated rings. The van der Waals surface area contributed by atoms with Crippen LogP contribution < -0.4 is 20.9 Å². The van der Waals surface area contributed by atoms with Gasteiger partial charge in [-0.15, -0.1) is 0 Å². The predicted molar refractivity (Wildman–Crippen MR) is 115 cm³/mol. The number of hydrogen-bond donors (Lipinski definition) is 3. The lowest BCUT2D eigenvalue weighted by atomic mass is 10.0. The van der Waals surface area contributed by atoms with E-state index in [0.29, 0.717) is 18.1 Å². The van der Waals surface area contributed by atoms with Crippen LogP contribution >= 0.6 is 11.6 Å². The van der Waals surface area contributed by atoms with Crippen LogP contribution in [0.2, 0.25) is 5.02 Å². The summed E-state index contributed by atoms with van der Waals surface area (Å²) in [6.07, 6.45) is 0.686. The maximum absolute atomic E-state index is 12.2. The number of nitrogens with one attached hydrogen (secondary N) is 3. The van der Waals surface area contributed by atoms with Gasteiger partial charge in [-0.1, -0.05) is 41.9 Å². The lowest BCUT2D eigenvalue weighted by Crippen LogP contribution is -2.43. The highest BCUT2D eigenvalue weighted by atomic mass is 35.5. The van der Waals surface area contributed by atoms with Crippen LogP contribution in [0.3, 0.4) is 0 Å². The van der Waals surface area contributed by atoms with Crippen molar-refractivity contribution >= 4 is 29.3 Å². The largest absolute Gasteiger partial charge is 0.493 e. The zero-order valence-electron chi connectivity index (χ0n) is 17.0. The number of hydrogen-bond acceptors (Lipinski definition) is 4. The second-order valence-electron chi connectivity index (χ2n) is 6.83. The van der Waals surface area contributed by atoms with Gasteiger partial charge in [0.15, 0.2) is 0 Å². The first-order chi connectivity index (χ1) is 14.3. The van der Waals surface area contributed by atoms with E-state index in [2.05, 4.69) is 16.2 Å². The van der Waals surface area contributed by atoms with E-state index in [4.69, 9.17) is 16.3 Å². The molecule has 2 aromatic rings. The molecule has 0 saturated carbocycles. The Morgan fingerprint density at radius 3 is 2.40 bits per heavy atom. The number of hydrazine groups is 1. The maximum atomic E-state index is 12.2. The lowest BCUT2D eigenvalue weighted by molar-refractivity contribution is -0.129. The molecule has 0 aliphatic carbocycles. The third kappa shape index (κ3) is 8.13. The van der Waals surface area contributed by atoms with Crippen LogP contribution in [-0.2, 0) is 14.4 Å². The monoisotopic (exact) mass is 431 g/mol. The summed E-state index contributed by atoms with van der Waals surface area (Å²) in [5.74, 6) is -0.246. The fraction of sp³-hybridized carbons (Fsp3) is 0.318. The highest BCUT2D eigenvalue weighted by molar-refractivity contribution is 6.30. The predicted octanol–water partition coefficient (Wildman–Crippen LogP) is 3.22. The van der Waals surface area contributed by atoms with E-state index < -0.39 is 11.9 Å². The van der Waals surface area contributed by atoms with Gasteiger partial charge in [0.2, 0.25) is 17.7 Å². The van der Waals surface area contributed by atoms with E-state index in [0.717, 1.165) is 16.9 Å². The van der Waals surface area contributed by atoms with Crippen LogP contribution in [0.1, 0.15) is 43.4 Å². The Morgan fingerprint density at radius 1 is 1.03 bits per heavy atom. The van der Waals surface area contributed by atoms with Crippen molar-refractivity contribution in [3.8, 4) is 5.75 Å². The fourth-order valence-electron chi connectivity index (χ4n) is 2.81. The molecule has 2 aromatic carbocycles. The molecule has 0 aliphatic rings. The van der Waals surface area contributed by atoms with Crippen molar-refractivity contribution in [2.75, 3.05) is 6.61 Å². The molecule has 0 aromatic heterocycles. The molecule has 7 nitrogen and oxygen atoms in total. The van der Waals surface area contributed by atoms with Crippen LogP contribution in [0.5, 0.6) is 5.75 Å². The summed E-state index contributed by atoms with van der Waals surface area (Å²) < 4.78 is 5.64. The topological polar surface area (TPSA) is 96.5 Å². The molecule has 0 radical (unpaired) electrons. The van der Waals surface area contributed by atoms with Gasteiger partial charge < -0.3 is 10.1 Å². The molecule has 0 spiro atoms. The van der Waals surface area contributed by atoms with Gasteiger partial charge in [-0.05, 0) is 42.7 Å². The zero-order chi connectivity index (χ0) is 21.9. The Balaban J connectivity index is 1.71. The Hall–Kier alpha value is -3.06. The first-order valence-electron chi connectivity index (χ1n) is 9.64. The quantitative estimate of drug-likeness (QED) is 0.419. The van der Waals surface area contributed by atoms with Crippen LogP contribution in [0.15, 0.2) is 48.5 Å². The first kappa shape index (κ1) is 23.2. The van der Waals surface area contributed by atoms with Gasteiger partial charge in [-0.3, -0.25) is 25.2 Å². The lowest BCUT2D eigenvalue weighted by Gasteiger charge is -2.18. The average Bonchev–Trinajstić information content (AvgIpc) is 2.71. The van der Waals surface area contributed by atoms with E-state index in [1.807, 2.05) is 43.3 Å². The van der Waals surface area contributed by atoms with Crippen LogP contribution in [0.4, 0.5) is 0 Å². The Kier molecular flexibility index (Phi) is 9.15. The summed E-state index contributed by atoms with van der Waals surface area (Å²) in [4.78, 5) is 35.5. The number of aryl methyl sites for hydroxylation is 1. The zero-order valence-corrected chi connectivity index (χ0v) is 17.8. The van der Waals surface area contributed by atoms with Gasteiger partial charge in [-0.2, -0.15) is 0 Å². The van der Waals surface area contributed by atoms with E-state index >= 15 is 0 Å². The maximum Gasteiger partial charge on any atom is 0.240 e. The fourth-order valence-corrected chi connectivity index (χ4v) is 3.04. The summed E-state index contributed by atoms with van der Waals surface area (Å²) >= 11 is 5.91. The number of carbonyl (C=O) groups is 3. The van der Waals surface area contributed by atoms with Gasteiger partial charge in [0.25, 0.3) is 0 Å². The van der Waals surface area contributed by atoms with E-state index in [9.17, 15) is 14.4 Å². The van der Waals surface area contributed by atoms with E-state index in [1.54, 1.807) is 12.1 Å². The van der Waals surface area contributed by atoms with Crippen molar-refractivity contribution in [1.82, 2.24) is 16.2 Å². The molecular formula is C22H26ClN3O4. The van der Waals surface area contributed by atoms with Crippen LogP contribution in [0, 0.1) is 6.92 Å². The molecule has 0 saturated heterocycles. The smallest absolute Gasteiger partial charge is 0.240 e. The second-order valence-corrected chi connectivity index (χ2v) is 7.26. The third-order valence-electron chi connectivity index (χ3n) is 4.25. The normalized spacial score (nSPS) is 11.3. The molecule has 0 bridgehead atoms. The van der Waals surface area contributed by atoms with Gasteiger partial charge >= 0.3 is 0 Å². The highest BCUT2D eigenvalue weighted by Crippen LogP contribution is 2.22. The molecule has 160 valence electrons. The molecular weight excluding hydrogens is 406 g/mol. The number of ether oxygens (including phenoxy) is 1. The van der Waals surface area contributed by atoms with Crippen molar-refractivity contribution < 1.29 is 19.1 Å². The summed E-state index contributed by atoms with van der Waals surface area (Å²) in [7, 11) is 0. The number of rotatable bonds is 9. The summed E-state index contributed by atoms with van der Waals surface area (Å²) in [5, 5.41) is 3.38. The summed E-state index contributed by atoms with van der Waals surface area (Å²) in [5.41, 5.74) is 6.50. The van der Waals surface area contributed by atoms with Crippen LogP contribution in [-0.4, -0.2) is 24.3 Å². The Labute approximate surface area is 181 Å². The third-order valence-corrected chi connectivity index (χ3v) is 4.49. The molecule has 0 heterocycles. The molecule has 8 heteroatoms. The van der Waals surface area contributed by atoms with Gasteiger partial charge in [0.05, 0.1) is 19.1 Å². The molecule has 30 heavy (non-hydrogen) atoms. The minimum Gasteiger partial charge on any atom is -0.493 e. The SMILES string of the molecule is CC(=O)NC(CC(=O)NNC(=O)CCCOc1ccc(Cl)cc1C)c1ccccc1. The standard InChI is InChI=1S/C22H26ClN3O4/c1-15-13-18(23)10-11-20(15)30-12-6-9-21(28)25-26-22(29)14-19(24-16(2)27)17-7-4-3-5-8-17/h3-5,7-8,10-11,13,19H,6,9,12,14H2,1-2H3,(H,24,27)(H,25,28)(H,26,29). The molecule has 1 atom stereocenters. The Bertz CT molecular complexity index is 874.